The molecule has 3 fully saturated rings. The van der Waals surface area contributed by atoms with Gasteiger partial charge in [0.1, 0.15) is 6.04 Å². The van der Waals surface area contributed by atoms with Crippen LogP contribution in [0.25, 0.3) is 0 Å². The standard InChI is InChI=1S/C17H10F6N4O3/c18-16(19,20)10-3-8(2-1-7(10)5-24)27-13(28)12-11-4-9(26(12)15(27)30)6-25(11)14(29)17(21,22)23/h1-3,9,11-12H,4,6H2/t9-,11?,12+/m1/s1. The minimum absolute atomic E-state index is 0.0288. The molecule has 7 nitrogen and oxygen atoms in total. The molecular formula is C17H10F6N4O3. The monoisotopic (exact) mass is 432 g/mol. The lowest BCUT2D eigenvalue weighted by atomic mass is 10.1. The van der Waals surface area contributed by atoms with Gasteiger partial charge in [-0.3, -0.25) is 9.59 Å². The fourth-order valence-corrected chi connectivity index (χ4v) is 4.29. The molecule has 3 saturated heterocycles. The maximum atomic E-state index is 13.2. The van der Waals surface area contributed by atoms with Crippen molar-refractivity contribution < 1.29 is 40.7 Å². The van der Waals surface area contributed by atoms with Crippen LogP contribution < -0.4 is 4.90 Å². The molecule has 1 aromatic rings. The largest absolute Gasteiger partial charge is 0.471 e. The molecule has 0 radical (unpaired) electrons. The normalized spacial score (nSPS) is 25.8. The summed E-state index contributed by atoms with van der Waals surface area (Å²) in [6, 6.07) is -0.838. The summed E-state index contributed by atoms with van der Waals surface area (Å²) in [5.74, 6) is -3.16. The third-order valence-corrected chi connectivity index (χ3v) is 5.46. The highest BCUT2D eigenvalue weighted by Gasteiger charge is 2.64. The first-order valence-corrected chi connectivity index (χ1v) is 8.51. The van der Waals surface area contributed by atoms with Gasteiger partial charge in [0.2, 0.25) is 0 Å². The number of hydrogen-bond donors (Lipinski definition) is 0. The predicted octanol–water partition coefficient (Wildman–Crippen LogP) is 2.26. The molecule has 2 bridgehead atoms. The summed E-state index contributed by atoms with van der Waals surface area (Å²) < 4.78 is 78.1. The van der Waals surface area contributed by atoms with Crippen molar-refractivity contribution in [2.24, 2.45) is 0 Å². The number of halogens is 6. The maximum absolute atomic E-state index is 13.2. The summed E-state index contributed by atoms with van der Waals surface area (Å²) in [4.78, 5) is 39.1. The highest BCUT2D eigenvalue weighted by molar-refractivity contribution is 6.22. The number of hydrogen-bond acceptors (Lipinski definition) is 4. The van der Waals surface area contributed by atoms with Gasteiger partial charge in [-0.25, -0.2) is 9.69 Å². The van der Waals surface area contributed by atoms with Gasteiger partial charge in [0.25, 0.3) is 5.91 Å². The molecule has 3 aliphatic heterocycles. The molecular weight excluding hydrogens is 422 g/mol. The Labute approximate surface area is 164 Å². The number of rotatable bonds is 1. The second-order valence-electron chi connectivity index (χ2n) is 7.06. The van der Waals surface area contributed by atoms with E-state index in [1.54, 1.807) is 0 Å². The zero-order valence-corrected chi connectivity index (χ0v) is 14.7. The number of benzene rings is 1. The number of likely N-dealkylation sites (tertiary alicyclic amines) is 1. The van der Waals surface area contributed by atoms with Gasteiger partial charge in [-0.15, -0.1) is 0 Å². The van der Waals surface area contributed by atoms with Gasteiger partial charge >= 0.3 is 24.3 Å². The van der Waals surface area contributed by atoms with Gasteiger partial charge in [0.05, 0.1) is 35.0 Å². The number of imide groups is 1. The summed E-state index contributed by atoms with van der Waals surface area (Å²) in [6.07, 6.45) is -10.1. The second-order valence-corrected chi connectivity index (χ2v) is 7.06. The number of amides is 4. The number of carbonyl (C=O) groups excluding carboxylic acids is 3. The molecule has 158 valence electrons. The lowest BCUT2D eigenvalue weighted by molar-refractivity contribution is -0.188. The van der Waals surface area contributed by atoms with Crippen LogP contribution in [0.15, 0.2) is 18.2 Å². The first-order valence-electron chi connectivity index (χ1n) is 8.51. The molecule has 0 saturated carbocycles. The van der Waals surface area contributed by atoms with Gasteiger partial charge in [-0.2, -0.15) is 31.6 Å². The number of alkyl halides is 6. The first-order chi connectivity index (χ1) is 13.9. The molecule has 4 rings (SSSR count). The number of nitrogens with zero attached hydrogens (tertiary/aromatic N) is 4. The van der Waals surface area contributed by atoms with Crippen molar-refractivity contribution in [3.63, 3.8) is 0 Å². The molecule has 13 heteroatoms. The van der Waals surface area contributed by atoms with Crippen molar-refractivity contribution >= 4 is 23.5 Å². The van der Waals surface area contributed by atoms with Crippen LogP contribution >= 0.6 is 0 Å². The lowest BCUT2D eigenvalue weighted by Gasteiger charge is -2.35. The van der Waals surface area contributed by atoms with Crippen molar-refractivity contribution in [1.29, 1.82) is 5.26 Å². The van der Waals surface area contributed by atoms with Crippen LogP contribution in [0.5, 0.6) is 0 Å². The van der Waals surface area contributed by atoms with Gasteiger partial charge in [-0.1, -0.05) is 0 Å². The third kappa shape index (κ3) is 2.70. The van der Waals surface area contributed by atoms with Crippen molar-refractivity contribution in [2.45, 2.75) is 36.9 Å². The minimum Gasteiger partial charge on any atom is -0.327 e. The molecule has 1 aromatic carbocycles. The van der Waals surface area contributed by atoms with Crippen molar-refractivity contribution in [3.8, 4) is 6.07 Å². The Morgan fingerprint density at radius 3 is 2.37 bits per heavy atom. The van der Waals surface area contributed by atoms with E-state index in [9.17, 15) is 40.7 Å². The number of nitriles is 1. The molecule has 30 heavy (non-hydrogen) atoms. The Kier molecular flexibility index (Phi) is 4.06. The number of carbonyl (C=O) groups is 3. The minimum atomic E-state index is -5.16. The SMILES string of the molecule is N#Cc1ccc(N2C(=O)[C@@H]3C4C[C@H](CN4C(=O)C(F)(F)F)N3C2=O)cc1C(F)(F)F. The first kappa shape index (κ1) is 20.0. The van der Waals surface area contributed by atoms with E-state index in [1.165, 1.54) is 6.07 Å². The molecule has 0 spiro atoms. The molecule has 4 amide bonds. The summed E-state index contributed by atoms with van der Waals surface area (Å²) in [6.45, 7) is -0.423. The smallest absolute Gasteiger partial charge is 0.327 e. The average molecular weight is 432 g/mol. The molecule has 3 atom stereocenters. The zero-order chi connectivity index (χ0) is 22.2. The fraction of sp³-hybridized carbons (Fsp3) is 0.412. The highest BCUT2D eigenvalue weighted by Crippen LogP contribution is 2.44. The van der Waals surface area contributed by atoms with E-state index < -0.39 is 71.7 Å². The summed E-state index contributed by atoms with van der Waals surface area (Å²) in [7, 11) is 0. The average Bonchev–Trinajstić information content (AvgIpc) is 3.30. The van der Waals surface area contributed by atoms with Crippen LogP contribution in [-0.2, 0) is 15.8 Å². The van der Waals surface area contributed by atoms with E-state index in [-0.39, 0.29) is 6.42 Å². The van der Waals surface area contributed by atoms with Gasteiger partial charge < -0.3 is 9.80 Å². The summed E-state index contributed by atoms with van der Waals surface area (Å²) in [5, 5.41) is 8.86. The van der Waals surface area contributed by atoms with Crippen LogP contribution in [0.3, 0.4) is 0 Å². The van der Waals surface area contributed by atoms with Crippen LogP contribution in [-0.4, -0.2) is 58.5 Å². The third-order valence-electron chi connectivity index (χ3n) is 5.46. The van der Waals surface area contributed by atoms with Gasteiger partial charge in [-0.05, 0) is 24.6 Å². The number of piperazine rings is 1. The number of urea groups is 1. The topological polar surface area (TPSA) is 84.7 Å². The van der Waals surface area contributed by atoms with E-state index in [2.05, 4.69) is 0 Å². The molecule has 0 aliphatic carbocycles. The van der Waals surface area contributed by atoms with Crippen molar-refractivity contribution in [2.75, 3.05) is 11.4 Å². The van der Waals surface area contributed by atoms with Crippen molar-refractivity contribution in [3.05, 3.63) is 29.3 Å². The van der Waals surface area contributed by atoms with Crippen molar-refractivity contribution in [1.82, 2.24) is 9.80 Å². The van der Waals surface area contributed by atoms with E-state index in [0.717, 1.165) is 17.0 Å². The van der Waals surface area contributed by atoms with E-state index >= 15 is 0 Å². The van der Waals surface area contributed by atoms with Crippen LogP contribution in [0.4, 0.5) is 36.8 Å². The summed E-state index contributed by atoms with van der Waals surface area (Å²) >= 11 is 0. The fourth-order valence-electron chi connectivity index (χ4n) is 4.29. The highest BCUT2D eigenvalue weighted by atomic mass is 19.4. The lowest BCUT2D eigenvalue weighted by Crippen LogP contribution is -2.57. The number of fused-ring (bicyclic) bond motifs is 5. The Morgan fingerprint density at radius 2 is 1.80 bits per heavy atom. The summed E-state index contributed by atoms with van der Waals surface area (Å²) in [5.41, 5.74) is -2.53. The molecule has 1 unspecified atom stereocenters. The molecule has 3 heterocycles. The molecule has 0 N–H and O–H groups in total. The van der Waals surface area contributed by atoms with Gasteiger partial charge in [0.15, 0.2) is 0 Å². The van der Waals surface area contributed by atoms with E-state index in [4.69, 9.17) is 5.26 Å². The van der Waals surface area contributed by atoms with E-state index in [1.807, 2.05) is 0 Å². The Hall–Kier alpha value is -3.30. The Balaban J connectivity index is 1.69. The quantitative estimate of drug-likeness (QED) is 0.504. The zero-order valence-electron chi connectivity index (χ0n) is 14.7. The predicted molar refractivity (Wildman–Crippen MR) is 84.6 cm³/mol. The van der Waals surface area contributed by atoms with Crippen LogP contribution in [0.2, 0.25) is 0 Å². The second kappa shape index (κ2) is 6.10. The Morgan fingerprint density at radius 1 is 1.13 bits per heavy atom. The number of anilines is 1. The Bertz CT molecular complexity index is 1010. The van der Waals surface area contributed by atoms with Crippen LogP contribution in [0, 0.1) is 11.3 Å². The maximum Gasteiger partial charge on any atom is 0.471 e. The molecule has 0 aromatic heterocycles. The van der Waals surface area contributed by atoms with E-state index in [0.29, 0.717) is 15.9 Å². The van der Waals surface area contributed by atoms with Crippen LogP contribution in [0.1, 0.15) is 17.5 Å². The van der Waals surface area contributed by atoms with Gasteiger partial charge in [0, 0.05) is 6.54 Å². The molecule has 3 aliphatic rings.